The molecular weight excluding hydrogens is 170 g/mol. The Balaban J connectivity index is 2.41. The van der Waals surface area contributed by atoms with Gasteiger partial charge >= 0.3 is 0 Å². The summed E-state index contributed by atoms with van der Waals surface area (Å²) < 4.78 is 4.18. The van der Waals surface area contributed by atoms with Gasteiger partial charge in [-0.3, -0.25) is 0 Å². The first-order valence-corrected chi connectivity index (χ1v) is 5.06. The fourth-order valence-electron chi connectivity index (χ4n) is 0.761. The van der Waals surface area contributed by atoms with E-state index in [1.54, 1.807) is 0 Å². The summed E-state index contributed by atoms with van der Waals surface area (Å²) in [5.74, 6) is 1.59. The van der Waals surface area contributed by atoms with E-state index in [2.05, 4.69) is 35.4 Å². The van der Waals surface area contributed by atoms with Crippen LogP contribution in [0.2, 0.25) is 0 Å². The molecule has 1 N–H and O–H groups in total. The predicted molar refractivity (Wildman–Crippen MR) is 52.6 cm³/mol. The monoisotopic (exact) mass is 185 g/mol. The smallest absolute Gasteiger partial charge is 0.202 e. The van der Waals surface area contributed by atoms with Crippen molar-refractivity contribution in [3.8, 4) is 0 Å². The number of aromatic nitrogens is 2. The minimum Gasteiger partial charge on any atom is -0.360 e. The van der Waals surface area contributed by atoms with Gasteiger partial charge in [0.15, 0.2) is 0 Å². The zero-order chi connectivity index (χ0) is 8.97. The van der Waals surface area contributed by atoms with Gasteiger partial charge in [0.2, 0.25) is 5.13 Å². The Labute approximate surface area is 77.4 Å². The first-order valence-electron chi connectivity index (χ1n) is 4.28. The van der Waals surface area contributed by atoms with Gasteiger partial charge in [0.05, 0.1) is 0 Å². The van der Waals surface area contributed by atoms with Crippen LogP contribution >= 0.6 is 11.5 Å². The van der Waals surface area contributed by atoms with Gasteiger partial charge in [-0.1, -0.05) is 20.8 Å². The molecule has 0 aromatic carbocycles. The van der Waals surface area contributed by atoms with Gasteiger partial charge in [0, 0.05) is 24.5 Å². The van der Waals surface area contributed by atoms with Crippen molar-refractivity contribution < 1.29 is 0 Å². The van der Waals surface area contributed by atoms with E-state index < -0.39 is 0 Å². The molecule has 0 atom stereocenters. The second kappa shape index (κ2) is 4.40. The van der Waals surface area contributed by atoms with Gasteiger partial charge in [-0.05, 0) is 5.92 Å². The van der Waals surface area contributed by atoms with Crippen LogP contribution in [-0.4, -0.2) is 15.9 Å². The van der Waals surface area contributed by atoms with E-state index in [0.29, 0.717) is 5.92 Å². The van der Waals surface area contributed by atoms with Gasteiger partial charge < -0.3 is 5.32 Å². The van der Waals surface area contributed by atoms with Crippen molar-refractivity contribution >= 4 is 16.7 Å². The van der Waals surface area contributed by atoms with E-state index in [9.17, 15) is 0 Å². The van der Waals surface area contributed by atoms with E-state index in [4.69, 9.17) is 0 Å². The third kappa shape index (κ3) is 2.77. The molecule has 1 heterocycles. The highest BCUT2D eigenvalue weighted by atomic mass is 32.1. The average molecular weight is 185 g/mol. The van der Waals surface area contributed by atoms with Crippen LogP contribution in [0, 0.1) is 5.92 Å². The van der Waals surface area contributed by atoms with E-state index in [1.165, 1.54) is 11.5 Å². The van der Waals surface area contributed by atoms with Crippen LogP contribution in [0.1, 0.15) is 26.6 Å². The molecule has 0 aliphatic rings. The molecule has 0 saturated heterocycles. The van der Waals surface area contributed by atoms with Crippen LogP contribution in [-0.2, 0) is 6.42 Å². The lowest BCUT2D eigenvalue weighted by Crippen LogP contribution is -2.07. The Morgan fingerprint density at radius 2 is 2.25 bits per heavy atom. The number of hydrogen-bond donors (Lipinski definition) is 1. The highest BCUT2D eigenvalue weighted by molar-refractivity contribution is 7.09. The second-order valence-corrected chi connectivity index (χ2v) is 3.90. The van der Waals surface area contributed by atoms with E-state index in [0.717, 1.165) is 23.9 Å². The molecule has 12 heavy (non-hydrogen) atoms. The zero-order valence-corrected chi connectivity index (χ0v) is 8.61. The molecule has 0 aliphatic carbocycles. The molecule has 0 unspecified atom stereocenters. The van der Waals surface area contributed by atoms with Crippen LogP contribution in [0.3, 0.4) is 0 Å². The molecule has 0 fully saturated rings. The van der Waals surface area contributed by atoms with Gasteiger partial charge in [-0.2, -0.15) is 4.37 Å². The summed E-state index contributed by atoms with van der Waals surface area (Å²) in [5.41, 5.74) is 0. The first-order chi connectivity index (χ1) is 5.72. The fourth-order valence-corrected chi connectivity index (χ4v) is 1.42. The lowest BCUT2D eigenvalue weighted by atomic mass is 10.2. The topological polar surface area (TPSA) is 37.8 Å². The third-order valence-corrected chi connectivity index (χ3v) is 2.16. The number of nitrogens with zero attached hydrogens (tertiary/aromatic N) is 2. The van der Waals surface area contributed by atoms with Gasteiger partial charge in [-0.15, -0.1) is 0 Å². The maximum Gasteiger partial charge on any atom is 0.202 e. The summed E-state index contributed by atoms with van der Waals surface area (Å²) in [4.78, 5) is 4.30. The summed E-state index contributed by atoms with van der Waals surface area (Å²) in [6.45, 7) is 7.39. The number of anilines is 1. The Hall–Kier alpha value is -0.640. The highest BCUT2D eigenvalue weighted by Gasteiger charge is 2.01. The quantitative estimate of drug-likeness (QED) is 0.781. The Bertz CT molecular complexity index is 232. The second-order valence-electron chi connectivity index (χ2n) is 3.14. The minimum atomic E-state index is 0.652. The fraction of sp³-hybridized carbons (Fsp3) is 0.750. The summed E-state index contributed by atoms with van der Waals surface area (Å²) in [5, 5.41) is 4.19. The summed E-state index contributed by atoms with van der Waals surface area (Å²) in [6.07, 6.45) is 0.917. The van der Waals surface area contributed by atoms with Crippen molar-refractivity contribution in [3.63, 3.8) is 0 Å². The number of hydrogen-bond acceptors (Lipinski definition) is 4. The van der Waals surface area contributed by atoms with Crippen LogP contribution in [0.5, 0.6) is 0 Å². The van der Waals surface area contributed by atoms with Crippen molar-refractivity contribution in [2.75, 3.05) is 11.9 Å². The average Bonchev–Trinajstić information content (AvgIpc) is 2.48. The molecule has 3 nitrogen and oxygen atoms in total. The predicted octanol–water partition coefficient (Wildman–Crippen LogP) is 2.17. The van der Waals surface area contributed by atoms with Crippen molar-refractivity contribution in [3.05, 3.63) is 5.82 Å². The molecule has 1 aromatic heterocycles. The maximum atomic E-state index is 4.30. The van der Waals surface area contributed by atoms with Crippen LogP contribution in [0.4, 0.5) is 5.13 Å². The maximum absolute atomic E-state index is 4.30. The lowest BCUT2D eigenvalue weighted by molar-refractivity contribution is 0.688. The highest BCUT2D eigenvalue weighted by Crippen LogP contribution is 2.11. The standard InChI is InChI=1S/C8H15N3S/c1-4-7-10-8(12-11-7)9-5-6(2)3/h6H,4-5H2,1-3H3,(H,9,10,11). The summed E-state index contributed by atoms with van der Waals surface area (Å²) in [7, 11) is 0. The summed E-state index contributed by atoms with van der Waals surface area (Å²) in [6, 6.07) is 0. The lowest BCUT2D eigenvalue weighted by Gasteiger charge is -2.03. The molecule has 0 aliphatic heterocycles. The summed E-state index contributed by atoms with van der Waals surface area (Å²) >= 11 is 1.44. The normalized spacial score (nSPS) is 10.7. The largest absolute Gasteiger partial charge is 0.360 e. The SMILES string of the molecule is CCc1nsc(NCC(C)C)n1. The first kappa shape index (κ1) is 9.45. The van der Waals surface area contributed by atoms with Gasteiger partial charge in [0.1, 0.15) is 5.82 Å². The van der Waals surface area contributed by atoms with Gasteiger partial charge in [-0.25, -0.2) is 4.98 Å². The molecule has 68 valence electrons. The molecule has 0 saturated carbocycles. The van der Waals surface area contributed by atoms with E-state index >= 15 is 0 Å². The molecule has 1 rings (SSSR count). The Morgan fingerprint density at radius 3 is 2.75 bits per heavy atom. The number of nitrogens with one attached hydrogen (secondary N) is 1. The molecule has 0 radical (unpaired) electrons. The van der Waals surface area contributed by atoms with Crippen LogP contribution < -0.4 is 5.32 Å². The minimum absolute atomic E-state index is 0.652. The van der Waals surface area contributed by atoms with Crippen LogP contribution in [0.25, 0.3) is 0 Å². The van der Waals surface area contributed by atoms with Crippen molar-refractivity contribution in [2.45, 2.75) is 27.2 Å². The number of rotatable bonds is 4. The molecule has 4 heteroatoms. The van der Waals surface area contributed by atoms with Crippen molar-refractivity contribution in [1.29, 1.82) is 0 Å². The Kier molecular flexibility index (Phi) is 3.47. The van der Waals surface area contributed by atoms with Crippen molar-refractivity contribution in [1.82, 2.24) is 9.36 Å². The zero-order valence-electron chi connectivity index (χ0n) is 7.79. The Morgan fingerprint density at radius 1 is 1.50 bits per heavy atom. The molecular formula is C8H15N3S. The molecule has 0 spiro atoms. The van der Waals surface area contributed by atoms with E-state index in [-0.39, 0.29) is 0 Å². The third-order valence-electron chi connectivity index (χ3n) is 1.45. The van der Waals surface area contributed by atoms with Gasteiger partial charge in [0.25, 0.3) is 0 Å². The number of aryl methyl sites for hydroxylation is 1. The molecule has 0 bridgehead atoms. The molecule has 1 aromatic rings. The van der Waals surface area contributed by atoms with E-state index in [1.807, 2.05) is 0 Å². The molecule has 0 amide bonds. The van der Waals surface area contributed by atoms with Crippen molar-refractivity contribution in [2.24, 2.45) is 5.92 Å². The van der Waals surface area contributed by atoms with Crippen LogP contribution in [0.15, 0.2) is 0 Å².